The van der Waals surface area contributed by atoms with E-state index >= 15 is 0 Å². The highest BCUT2D eigenvalue weighted by atomic mass is 32.2. The van der Waals surface area contributed by atoms with Crippen molar-refractivity contribution in [3.63, 3.8) is 0 Å². The number of amidine groups is 1. The third-order valence-corrected chi connectivity index (χ3v) is 4.97. The first-order valence-corrected chi connectivity index (χ1v) is 9.51. The summed E-state index contributed by atoms with van der Waals surface area (Å²) in [4.78, 5) is 19.6. The molecule has 1 heterocycles. The van der Waals surface area contributed by atoms with Gasteiger partial charge in [0.2, 0.25) is 0 Å². The van der Waals surface area contributed by atoms with Gasteiger partial charge in [0.1, 0.15) is 6.07 Å². The van der Waals surface area contributed by atoms with Crippen LogP contribution in [0, 0.1) is 11.3 Å². The van der Waals surface area contributed by atoms with Crippen LogP contribution in [-0.2, 0) is 4.79 Å². The minimum absolute atomic E-state index is 0.0596. The van der Waals surface area contributed by atoms with Gasteiger partial charge in [-0.2, -0.15) is 5.26 Å². The first-order valence-electron chi connectivity index (χ1n) is 8.69. The van der Waals surface area contributed by atoms with Crippen LogP contribution < -0.4 is 9.47 Å². The molecule has 1 aliphatic heterocycles. The summed E-state index contributed by atoms with van der Waals surface area (Å²) in [5.74, 6) is 0.912. The molecule has 3 rings (SSSR count). The third kappa shape index (κ3) is 4.35. The number of aliphatic imine (C=N–C) groups is 1. The van der Waals surface area contributed by atoms with Crippen LogP contribution in [0.3, 0.4) is 0 Å². The van der Waals surface area contributed by atoms with Crippen molar-refractivity contribution in [2.75, 3.05) is 20.3 Å². The molecular formula is C21H19N3O3S. The van der Waals surface area contributed by atoms with Gasteiger partial charge in [-0.15, -0.1) is 0 Å². The van der Waals surface area contributed by atoms with Crippen LogP contribution in [0.15, 0.2) is 58.4 Å². The Hall–Kier alpha value is -3.24. The van der Waals surface area contributed by atoms with E-state index < -0.39 is 0 Å². The van der Waals surface area contributed by atoms with Crippen molar-refractivity contribution in [3.8, 4) is 17.6 Å². The van der Waals surface area contributed by atoms with Crippen molar-refractivity contribution in [1.82, 2.24) is 4.90 Å². The fourth-order valence-electron chi connectivity index (χ4n) is 2.64. The Kier molecular flexibility index (Phi) is 6.35. The molecule has 1 fully saturated rings. The number of benzene rings is 2. The van der Waals surface area contributed by atoms with E-state index in [1.165, 1.54) is 18.9 Å². The highest BCUT2D eigenvalue weighted by molar-refractivity contribution is 8.18. The largest absolute Gasteiger partial charge is 0.493 e. The molecule has 0 aromatic heterocycles. The van der Waals surface area contributed by atoms with E-state index in [9.17, 15) is 4.79 Å². The molecule has 6 nitrogen and oxygen atoms in total. The second-order valence-corrected chi connectivity index (χ2v) is 6.76. The molecule has 7 heteroatoms. The zero-order chi connectivity index (χ0) is 19.9. The number of likely N-dealkylation sites (N-methyl/N-ethyl adjacent to an activating group) is 1. The number of nitrogens with zero attached hydrogens (tertiary/aromatic N) is 3. The van der Waals surface area contributed by atoms with Crippen LogP contribution in [0.4, 0.5) is 5.69 Å². The number of hydrogen-bond acceptors (Lipinski definition) is 6. The van der Waals surface area contributed by atoms with Gasteiger partial charge >= 0.3 is 0 Å². The van der Waals surface area contributed by atoms with E-state index in [1.54, 1.807) is 23.1 Å². The average molecular weight is 393 g/mol. The van der Waals surface area contributed by atoms with Crippen LogP contribution >= 0.6 is 11.8 Å². The summed E-state index contributed by atoms with van der Waals surface area (Å²) in [5, 5.41) is 9.32. The summed E-state index contributed by atoms with van der Waals surface area (Å²) in [6.45, 7) is 2.40. The van der Waals surface area contributed by atoms with Crippen LogP contribution in [0.2, 0.25) is 0 Å². The second kappa shape index (κ2) is 9.11. The number of para-hydroxylation sites is 1. The summed E-state index contributed by atoms with van der Waals surface area (Å²) < 4.78 is 10.7. The number of thioether (sulfide) groups is 1. The number of nitriles is 1. The van der Waals surface area contributed by atoms with Crippen molar-refractivity contribution in [3.05, 3.63) is 59.0 Å². The van der Waals surface area contributed by atoms with Crippen molar-refractivity contribution < 1.29 is 14.3 Å². The molecule has 0 radical (unpaired) electrons. The maximum absolute atomic E-state index is 12.8. The van der Waals surface area contributed by atoms with Crippen molar-refractivity contribution in [2.24, 2.45) is 4.99 Å². The molecule has 0 unspecified atom stereocenters. The molecule has 0 spiro atoms. The Morgan fingerprint density at radius 2 is 2.00 bits per heavy atom. The van der Waals surface area contributed by atoms with Gasteiger partial charge in [0.25, 0.3) is 5.91 Å². The summed E-state index contributed by atoms with van der Waals surface area (Å²) in [7, 11) is 1.53. The van der Waals surface area contributed by atoms with Gasteiger partial charge in [0, 0.05) is 6.54 Å². The smallest absolute Gasteiger partial charge is 0.266 e. The third-order valence-electron chi connectivity index (χ3n) is 3.96. The van der Waals surface area contributed by atoms with Crippen LogP contribution in [-0.4, -0.2) is 36.2 Å². The van der Waals surface area contributed by atoms with E-state index in [0.717, 1.165) is 11.3 Å². The monoisotopic (exact) mass is 393 g/mol. The lowest BCUT2D eigenvalue weighted by Gasteiger charge is -2.12. The predicted octanol–water partition coefficient (Wildman–Crippen LogP) is 4.22. The Balaban J connectivity index is 1.89. The molecule has 0 saturated carbocycles. The summed E-state index contributed by atoms with van der Waals surface area (Å²) in [6, 6.07) is 16.8. The molecule has 1 aliphatic rings. The molecule has 28 heavy (non-hydrogen) atoms. The number of ether oxygens (including phenoxy) is 2. The first kappa shape index (κ1) is 19.5. The standard InChI is InChI=1S/C21H19N3O3S/c1-3-24-20(25)19(28-21(24)23-16-7-5-4-6-8-16)14-15-9-10-17(27-12-11-22)18(13-15)26-2/h4-10,13-14H,3,12H2,1-2H3/b19-14+,23-21?. The van der Waals surface area contributed by atoms with E-state index in [2.05, 4.69) is 4.99 Å². The zero-order valence-electron chi connectivity index (χ0n) is 15.6. The summed E-state index contributed by atoms with van der Waals surface area (Å²) >= 11 is 1.35. The fourth-order valence-corrected chi connectivity index (χ4v) is 3.70. The summed E-state index contributed by atoms with van der Waals surface area (Å²) in [6.07, 6.45) is 1.81. The molecule has 0 aliphatic carbocycles. The van der Waals surface area contributed by atoms with Gasteiger partial charge in [-0.05, 0) is 54.6 Å². The molecule has 0 atom stereocenters. The molecule has 0 N–H and O–H groups in total. The highest BCUT2D eigenvalue weighted by Gasteiger charge is 2.32. The molecule has 1 amide bonds. The lowest BCUT2D eigenvalue weighted by molar-refractivity contribution is -0.122. The maximum atomic E-state index is 12.8. The van der Waals surface area contributed by atoms with E-state index in [0.29, 0.717) is 28.1 Å². The molecule has 2 aromatic rings. The number of methoxy groups -OCH3 is 1. The van der Waals surface area contributed by atoms with Crippen molar-refractivity contribution >= 4 is 34.6 Å². The van der Waals surface area contributed by atoms with E-state index in [-0.39, 0.29) is 12.5 Å². The Morgan fingerprint density at radius 1 is 1.21 bits per heavy atom. The Labute approximate surface area is 168 Å². The molecule has 142 valence electrons. The Bertz CT molecular complexity index is 965. The number of rotatable bonds is 6. The average Bonchev–Trinajstić information content (AvgIpc) is 3.01. The molecule has 0 bridgehead atoms. The Morgan fingerprint density at radius 3 is 2.68 bits per heavy atom. The van der Waals surface area contributed by atoms with Gasteiger partial charge in [-0.25, -0.2) is 4.99 Å². The van der Waals surface area contributed by atoms with Crippen LogP contribution in [0.5, 0.6) is 11.5 Å². The minimum Gasteiger partial charge on any atom is -0.493 e. The normalized spacial score (nSPS) is 16.5. The van der Waals surface area contributed by atoms with Crippen molar-refractivity contribution in [1.29, 1.82) is 5.26 Å². The zero-order valence-corrected chi connectivity index (χ0v) is 16.4. The van der Waals surface area contributed by atoms with Crippen molar-refractivity contribution in [2.45, 2.75) is 6.92 Å². The molecule has 1 saturated heterocycles. The van der Waals surface area contributed by atoms with E-state index in [1.807, 2.05) is 49.4 Å². The highest BCUT2D eigenvalue weighted by Crippen LogP contribution is 2.35. The van der Waals surface area contributed by atoms with Gasteiger partial charge in [-0.3, -0.25) is 9.69 Å². The SMILES string of the molecule is CCN1C(=O)/C(=C\c2ccc(OCC#N)c(OC)c2)SC1=Nc1ccccc1. The van der Waals surface area contributed by atoms with Gasteiger partial charge in [-0.1, -0.05) is 24.3 Å². The van der Waals surface area contributed by atoms with Gasteiger partial charge < -0.3 is 9.47 Å². The lowest BCUT2D eigenvalue weighted by Crippen LogP contribution is -2.28. The number of hydrogen-bond donors (Lipinski definition) is 0. The first-order chi connectivity index (χ1) is 13.7. The summed E-state index contributed by atoms with van der Waals surface area (Å²) in [5.41, 5.74) is 1.60. The van der Waals surface area contributed by atoms with Gasteiger partial charge in [0.15, 0.2) is 23.3 Å². The minimum atomic E-state index is -0.0778. The lowest BCUT2D eigenvalue weighted by atomic mass is 10.2. The second-order valence-electron chi connectivity index (χ2n) is 5.75. The number of carbonyl (C=O) groups excluding carboxylic acids is 1. The van der Waals surface area contributed by atoms with Crippen LogP contribution in [0.25, 0.3) is 6.08 Å². The predicted molar refractivity (Wildman–Crippen MR) is 111 cm³/mol. The molecular weight excluding hydrogens is 374 g/mol. The quantitative estimate of drug-likeness (QED) is 0.687. The van der Waals surface area contributed by atoms with Gasteiger partial charge in [0.05, 0.1) is 17.7 Å². The number of amides is 1. The van der Waals surface area contributed by atoms with Crippen LogP contribution in [0.1, 0.15) is 12.5 Å². The molecule has 2 aromatic carbocycles. The number of carbonyl (C=O) groups is 1. The topological polar surface area (TPSA) is 74.9 Å². The maximum Gasteiger partial charge on any atom is 0.266 e. The van der Waals surface area contributed by atoms with E-state index in [4.69, 9.17) is 14.7 Å². The fraction of sp³-hybridized carbons (Fsp3) is 0.190.